The molecule has 0 rings (SSSR count). The van der Waals surface area contributed by atoms with Crippen LogP contribution >= 0.6 is 0 Å². The van der Waals surface area contributed by atoms with Gasteiger partial charge >= 0.3 is 5.97 Å². The minimum absolute atomic E-state index is 0.621. The largest absolute Gasteiger partial charge is 0.477 e. The van der Waals surface area contributed by atoms with E-state index in [0.29, 0.717) is 6.21 Å². The fourth-order valence-corrected chi connectivity index (χ4v) is 0.318. The lowest BCUT2D eigenvalue weighted by Crippen LogP contribution is -2.21. The average Bonchev–Trinajstić information content (AvgIpc) is 1.90. The van der Waals surface area contributed by atoms with Crippen LogP contribution in [0.25, 0.3) is 0 Å². The molecule has 1 unspecified atom stereocenters. The molecule has 5 heteroatoms. The lowest BCUT2D eigenvalue weighted by Gasteiger charge is -1.96. The van der Waals surface area contributed by atoms with Crippen molar-refractivity contribution < 1.29 is 9.90 Å². The number of carboxylic acids is 1. The van der Waals surface area contributed by atoms with Crippen LogP contribution in [0.4, 0.5) is 0 Å². The second-order valence-corrected chi connectivity index (χ2v) is 1.49. The van der Waals surface area contributed by atoms with Crippen LogP contribution in [0.1, 0.15) is 0 Å². The van der Waals surface area contributed by atoms with Gasteiger partial charge in [0, 0.05) is 6.21 Å². The van der Waals surface area contributed by atoms with Gasteiger partial charge in [-0.3, -0.25) is 5.41 Å². The van der Waals surface area contributed by atoms with Gasteiger partial charge in [-0.05, 0) is 0 Å². The minimum atomic E-state index is -1.46. The van der Waals surface area contributed by atoms with E-state index in [9.17, 15) is 4.79 Å². The zero-order valence-corrected chi connectivity index (χ0v) is 4.96. The van der Waals surface area contributed by atoms with Crippen LogP contribution < -0.4 is 0 Å². The Balaban J connectivity index is 4.34. The number of hydrogen-bond acceptors (Lipinski definition) is 4. The summed E-state index contributed by atoms with van der Waals surface area (Å²) in [6, 6.07) is 1.48. The van der Waals surface area contributed by atoms with Gasteiger partial charge in [-0.15, -0.1) is 0 Å². The van der Waals surface area contributed by atoms with Crippen LogP contribution in [-0.2, 0) is 4.79 Å². The Hall–Kier alpha value is -1.70. The Morgan fingerprint density at radius 1 is 1.80 bits per heavy atom. The molecule has 0 aliphatic rings. The van der Waals surface area contributed by atoms with Gasteiger partial charge in [-0.2, -0.15) is 5.26 Å². The second-order valence-electron chi connectivity index (χ2n) is 1.49. The maximum atomic E-state index is 9.98. The Morgan fingerprint density at radius 2 is 2.30 bits per heavy atom. The zero-order valence-electron chi connectivity index (χ0n) is 4.96. The standard InChI is InChI=1S/C5H5N3O2/c6-1-3(2-7)4(8)5(9)10/h1,3,6,8H,(H,9,10). The molecule has 0 radical (unpaired) electrons. The highest BCUT2D eigenvalue weighted by Crippen LogP contribution is 1.91. The van der Waals surface area contributed by atoms with Crippen LogP contribution in [-0.4, -0.2) is 23.0 Å². The molecule has 0 heterocycles. The van der Waals surface area contributed by atoms with Gasteiger partial charge in [0.15, 0.2) is 0 Å². The van der Waals surface area contributed by atoms with Crippen molar-refractivity contribution in [1.29, 1.82) is 16.1 Å². The van der Waals surface area contributed by atoms with Crippen LogP contribution in [0.2, 0.25) is 0 Å². The molecule has 1 atom stereocenters. The second kappa shape index (κ2) is 3.35. The molecule has 0 bridgehead atoms. The number of nitrogens with one attached hydrogen (secondary N) is 2. The van der Waals surface area contributed by atoms with Gasteiger partial charge in [0.1, 0.15) is 11.6 Å². The van der Waals surface area contributed by atoms with E-state index in [-0.39, 0.29) is 0 Å². The maximum Gasteiger partial charge on any atom is 0.351 e. The van der Waals surface area contributed by atoms with E-state index in [0.717, 1.165) is 0 Å². The average molecular weight is 139 g/mol. The number of nitriles is 1. The summed E-state index contributed by atoms with van der Waals surface area (Å²) in [7, 11) is 0. The summed E-state index contributed by atoms with van der Waals surface area (Å²) in [6.45, 7) is 0. The van der Waals surface area contributed by atoms with Gasteiger partial charge < -0.3 is 10.5 Å². The number of carbonyl (C=O) groups is 1. The molecule has 0 amide bonds. The molecule has 0 saturated heterocycles. The van der Waals surface area contributed by atoms with Crippen LogP contribution in [0.5, 0.6) is 0 Å². The molecule has 10 heavy (non-hydrogen) atoms. The topological polar surface area (TPSA) is 109 Å². The number of carboxylic acid groups (broad SMARTS) is 1. The Bertz CT molecular complexity index is 215. The summed E-state index contributed by atoms with van der Waals surface area (Å²) >= 11 is 0. The first-order chi connectivity index (χ1) is 4.63. The smallest absolute Gasteiger partial charge is 0.351 e. The monoisotopic (exact) mass is 139 g/mol. The van der Waals surface area contributed by atoms with E-state index in [1.165, 1.54) is 6.07 Å². The summed E-state index contributed by atoms with van der Waals surface area (Å²) in [5.41, 5.74) is -0.766. The van der Waals surface area contributed by atoms with Crippen LogP contribution in [0.3, 0.4) is 0 Å². The van der Waals surface area contributed by atoms with Crippen molar-refractivity contribution in [2.45, 2.75) is 0 Å². The van der Waals surface area contributed by atoms with Gasteiger partial charge in [-0.1, -0.05) is 0 Å². The molecule has 5 nitrogen and oxygen atoms in total. The highest BCUT2D eigenvalue weighted by molar-refractivity contribution is 6.38. The fourth-order valence-electron chi connectivity index (χ4n) is 0.318. The van der Waals surface area contributed by atoms with Crippen molar-refractivity contribution in [3.05, 3.63) is 0 Å². The Morgan fingerprint density at radius 3 is 2.40 bits per heavy atom. The molecule has 52 valence electrons. The van der Waals surface area contributed by atoms with E-state index in [1.807, 2.05) is 0 Å². The van der Waals surface area contributed by atoms with E-state index in [1.54, 1.807) is 0 Å². The van der Waals surface area contributed by atoms with Crippen LogP contribution in [0, 0.1) is 28.1 Å². The van der Waals surface area contributed by atoms with E-state index in [4.69, 9.17) is 21.2 Å². The van der Waals surface area contributed by atoms with Crippen molar-refractivity contribution in [2.75, 3.05) is 0 Å². The summed E-state index contributed by atoms with van der Waals surface area (Å²) in [5.74, 6) is -2.69. The summed E-state index contributed by atoms with van der Waals surface area (Å²) in [5, 5.41) is 29.5. The third kappa shape index (κ3) is 1.67. The molecule has 3 N–H and O–H groups in total. The van der Waals surface area contributed by atoms with Crippen LogP contribution in [0.15, 0.2) is 0 Å². The fraction of sp³-hybridized carbons (Fsp3) is 0.200. The van der Waals surface area contributed by atoms with Crippen molar-refractivity contribution in [1.82, 2.24) is 0 Å². The lowest BCUT2D eigenvalue weighted by atomic mass is 10.1. The SMILES string of the molecule is N#CC(C=N)C(=N)C(=O)O. The molecule has 0 aromatic heterocycles. The lowest BCUT2D eigenvalue weighted by molar-refractivity contribution is -0.129. The summed E-state index contributed by atoms with van der Waals surface area (Å²) < 4.78 is 0. The Labute approximate surface area is 56.9 Å². The number of nitrogens with zero attached hydrogens (tertiary/aromatic N) is 1. The highest BCUT2D eigenvalue weighted by Gasteiger charge is 2.16. The highest BCUT2D eigenvalue weighted by atomic mass is 16.4. The molecule has 0 aromatic rings. The summed E-state index contributed by atoms with van der Waals surface area (Å²) in [6.07, 6.45) is 0.621. The van der Waals surface area contributed by atoms with Crippen molar-refractivity contribution in [3.8, 4) is 6.07 Å². The number of hydrogen-bond donors (Lipinski definition) is 3. The molecular weight excluding hydrogens is 134 g/mol. The van der Waals surface area contributed by atoms with Crippen molar-refractivity contribution in [2.24, 2.45) is 5.92 Å². The molecular formula is C5H5N3O2. The first-order valence-electron chi connectivity index (χ1n) is 2.35. The van der Waals surface area contributed by atoms with Gasteiger partial charge in [0.25, 0.3) is 0 Å². The number of aliphatic carboxylic acids is 1. The van der Waals surface area contributed by atoms with Gasteiger partial charge in [0.2, 0.25) is 0 Å². The molecule has 0 spiro atoms. The van der Waals surface area contributed by atoms with Crippen molar-refractivity contribution >= 4 is 17.9 Å². The Kier molecular flexibility index (Phi) is 2.78. The van der Waals surface area contributed by atoms with E-state index in [2.05, 4.69) is 0 Å². The third-order valence-corrected chi connectivity index (χ3v) is 0.847. The molecule has 0 aromatic carbocycles. The molecule has 0 aliphatic heterocycles. The van der Waals surface area contributed by atoms with E-state index < -0.39 is 17.6 Å². The molecule has 0 saturated carbocycles. The van der Waals surface area contributed by atoms with Gasteiger partial charge in [-0.25, -0.2) is 4.79 Å². The zero-order chi connectivity index (χ0) is 8.15. The normalized spacial score (nSPS) is 11.1. The molecule has 0 aliphatic carbocycles. The molecule has 0 fully saturated rings. The predicted molar refractivity (Wildman–Crippen MR) is 33.2 cm³/mol. The summed E-state index contributed by atoms with van der Waals surface area (Å²) in [4.78, 5) is 9.98. The predicted octanol–water partition coefficient (Wildman–Crippen LogP) is -0.120. The third-order valence-electron chi connectivity index (χ3n) is 0.847. The first kappa shape index (κ1) is 8.30. The first-order valence-corrected chi connectivity index (χ1v) is 2.35. The van der Waals surface area contributed by atoms with Gasteiger partial charge in [0.05, 0.1) is 6.07 Å². The van der Waals surface area contributed by atoms with E-state index >= 15 is 0 Å². The number of rotatable bonds is 3. The quantitative estimate of drug-likeness (QED) is 0.474. The van der Waals surface area contributed by atoms with Crippen molar-refractivity contribution in [3.63, 3.8) is 0 Å². The maximum absolute atomic E-state index is 9.98. The minimum Gasteiger partial charge on any atom is -0.477 e.